The van der Waals surface area contributed by atoms with Crippen LogP contribution in [0.15, 0.2) is 54.6 Å². The molecule has 0 radical (unpaired) electrons. The average Bonchev–Trinajstić information content (AvgIpc) is 2.80. The fourth-order valence-corrected chi connectivity index (χ4v) is 5.78. The Kier molecular flexibility index (Phi) is 10.3. The Morgan fingerprint density at radius 2 is 1.85 bits per heavy atom. The summed E-state index contributed by atoms with van der Waals surface area (Å²) in [5.74, 6) is 0.730. The summed E-state index contributed by atoms with van der Waals surface area (Å²) in [6, 6.07) is 15.9. The second-order valence-electron chi connectivity index (χ2n) is 7.73. The molecule has 3 rings (SSSR count). The van der Waals surface area contributed by atoms with E-state index < -0.39 is 26.1 Å². The van der Waals surface area contributed by atoms with Crippen LogP contribution in [0.3, 0.4) is 0 Å². The summed E-state index contributed by atoms with van der Waals surface area (Å²) in [5, 5.41) is 1.84. The molecule has 0 aliphatic carbocycles. The number of ether oxygens (including phenoxy) is 2. The number of hydrogen-bond donors (Lipinski definition) is 2. The topological polar surface area (TPSA) is 111 Å². The number of nitrogens with zero attached hydrogens (tertiary/aromatic N) is 1. The summed E-state index contributed by atoms with van der Waals surface area (Å²) in [4.78, 5) is 15.0. The standard InChI is InChI=1S/C23H29N3O5S3/c24-23(32)33-21(25-9-10-26-11-13-30-14-12-26)16-22(27)34(28,29)17-18-5-4-8-20(15-18)31-19-6-2-1-3-7-19/h1-8,15,21,25H,9-14,16-17H2,(H2,24,32). The molecule has 184 valence electrons. The Balaban J connectivity index is 1.57. The summed E-state index contributed by atoms with van der Waals surface area (Å²) in [7, 11) is -4.04. The van der Waals surface area contributed by atoms with E-state index in [2.05, 4.69) is 10.2 Å². The third-order valence-electron chi connectivity index (χ3n) is 5.10. The molecule has 0 aromatic heterocycles. The van der Waals surface area contributed by atoms with Crippen LogP contribution in [0.5, 0.6) is 11.5 Å². The molecule has 3 N–H and O–H groups in total. The molecule has 1 heterocycles. The smallest absolute Gasteiger partial charge is 0.249 e. The molecule has 1 unspecified atom stereocenters. The number of sulfone groups is 1. The molecule has 1 fully saturated rings. The van der Waals surface area contributed by atoms with E-state index in [0.29, 0.717) is 36.8 Å². The number of nitrogens with two attached hydrogens (primary N) is 1. The molecule has 0 spiro atoms. The van der Waals surface area contributed by atoms with Crippen LogP contribution in [-0.2, 0) is 25.1 Å². The maximum atomic E-state index is 12.8. The van der Waals surface area contributed by atoms with E-state index in [9.17, 15) is 13.2 Å². The minimum atomic E-state index is -4.04. The lowest BCUT2D eigenvalue weighted by Gasteiger charge is -2.27. The lowest BCUT2D eigenvalue weighted by Crippen LogP contribution is -2.42. The summed E-state index contributed by atoms with van der Waals surface area (Å²) in [6.45, 7) is 4.41. The van der Waals surface area contributed by atoms with Crippen molar-refractivity contribution in [2.75, 3.05) is 39.4 Å². The van der Waals surface area contributed by atoms with Crippen LogP contribution in [-0.4, -0.2) is 67.5 Å². The maximum absolute atomic E-state index is 12.8. The van der Waals surface area contributed by atoms with Gasteiger partial charge in [0.25, 0.3) is 0 Å². The van der Waals surface area contributed by atoms with Crippen molar-refractivity contribution >= 4 is 43.3 Å². The predicted molar refractivity (Wildman–Crippen MR) is 139 cm³/mol. The van der Waals surface area contributed by atoms with Crippen LogP contribution in [0.25, 0.3) is 0 Å². The van der Waals surface area contributed by atoms with E-state index in [0.717, 1.165) is 31.4 Å². The van der Waals surface area contributed by atoms with Crippen LogP contribution in [0, 0.1) is 0 Å². The fourth-order valence-electron chi connectivity index (χ4n) is 3.41. The molecular weight excluding hydrogens is 494 g/mol. The van der Waals surface area contributed by atoms with Crippen molar-refractivity contribution in [3.05, 3.63) is 60.2 Å². The van der Waals surface area contributed by atoms with Gasteiger partial charge in [0.2, 0.25) is 15.0 Å². The van der Waals surface area contributed by atoms with Crippen LogP contribution in [0.4, 0.5) is 0 Å². The molecule has 8 nitrogen and oxygen atoms in total. The zero-order chi connectivity index (χ0) is 24.4. The number of morpholine rings is 1. The summed E-state index contributed by atoms with van der Waals surface area (Å²) in [6.07, 6.45) is -0.229. The maximum Gasteiger partial charge on any atom is 0.249 e. The summed E-state index contributed by atoms with van der Waals surface area (Å²) < 4.78 is 36.8. The van der Waals surface area contributed by atoms with Gasteiger partial charge in [-0.3, -0.25) is 9.69 Å². The van der Waals surface area contributed by atoms with Crippen LogP contribution in [0.1, 0.15) is 12.0 Å². The molecule has 0 bridgehead atoms. The Bertz CT molecular complexity index is 1060. The molecule has 34 heavy (non-hydrogen) atoms. The minimum absolute atomic E-state index is 0.153. The highest BCUT2D eigenvalue weighted by Crippen LogP contribution is 2.23. The molecule has 11 heteroatoms. The van der Waals surface area contributed by atoms with Gasteiger partial charge in [-0.1, -0.05) is 54.3 Å². The average molecular weight is 524 g/mol. The number of carbonyl (C=O) groups excluding carboxylic acids is 1. The van der Waals surface area contributed by atoms with E-state index in [-0.39, 0.29) is 10.7 Å². The highest BCUT2D eigenvalue weighted by atomic mass is 32.2. The van der Waals surface area contributed by atoms with Crippen molar-refractivity contribution in [1.29, 1.82) is 0 Å². The van der Waals surface area contributed by atoms with E-state index in [4.69, 9.17) is 27.4 Å². The third-order valence-corrected chi connectivity index (χ3v) is 7.81. The number of rotatable bonds is 11. The first kappa shape index (κ1) is 26.6. The van der Waals surface area contributed by atoms with E-state index in [1.54, 1.807) is 36.4 Å². The summed E-state index contributed by atoms with van der Waals surface area (Å²) in [5.41, 5.74) is 6.12. The quantitative estimate of drug-likeness (QED) is 0.337. The lowest BCUT2D eigenvalue weighted by atomic mass is 10.2. The van der Waals surface area contributed by atoms with Gasteiger partial charge in [0.15, 0.2) is 0 Å². The van der Waals surface area contributed by atoms with Gasteiger partial charge in [-0.05, 0) is 29.8 Å². The van der Waals surface area contributed by atoms with Crippen LogP contribution < -0.4 is 15.8 Å². The van der Waals surface area contributed by atoms with Gasteiger partial charge in [-0.25, -0.2) is 8.42 Å². The van der Waals surface area contributed by atoms with Gasteiger partial charge in [0.05, 0.1) is 24.3 Å². The van der Waals surface area contributed by atoms with Crippen LogP contribution in [0.2, 0.25) is 0 Å². The molecule has 0 amide bonds. The van der Waals surface area contributed by atoms with Crippen molar-refractivity contribution in [2.24, 2.45) is 5.73 Å². The van der Waals surface area contributed by atoms with Gasteiger partial charge in [0.1, 0.15) is 15.8 Å². The first-order chi connectivity index (χ1) is 16.3. The summed E-state index contributed by atoms with van der Waals surface area (Å²) >= 11 is 6.06. The Hall–Kier alpha value is -2.02. The number of nitrogens with one attached hydrogen (secondary N) is 1. The highest BCUT2D eigenvalue weighted by Gasteiger charge is 2.27. The normalized spacial score (nSPS) is 15.5. The van der Waals surface area contributed by atoms with Crippen molar-refractivity contribution < 1.29 is 22.7 Å². The van der Waals surface area contributed by atoms with Crippen LogP contribution >= 0.6 is 24.0 Å². The fraction of sp³-hybridized carbons (Fsp3) is 0.391. The molecular formula is C23H29N3O5S3. The minimum Gasteiger partial charge on any atom is -0.457 e. The molecule has 2 aromatic carbocycles. The second-order valence-corrected chi connectivity index (χ2v) is 11.6. The number of para-hydroxylation sites is 1. The predicted octanol–water partition coefficient (Wildman–Crippen LogP) is 2.54. The van der Waals surface area contributed by atoms with Crippen molar-refractivity contribution in [2.45, 2.75) is 17.5 Å². The monoisotopic (exact) mass is 523 g/mol. The Morgan fingerprint density at radius 3 is 2.56 bits per heavy atom. The molecule has 1 saturated heterocycles. The number of hydrogen-bond acceptors (Lipinski definition) is 9. The first-order valence-corrected chi connectivity index (χ1v) is 13.8. The number of carbonyl (C=O) groups is 1. The molecule has 2 aromatic rings. The van der Waals surface area contributed by atoms with Gasteiger partial charge in [-0.2, -0.15) is 0 Å². The zero-order valence-electron chi connectivity index (χ0n) is 18.7. The molecule has 1 aliphatic rings. The number of thiocarbonyl (C=S) groups is 1. The number of benzene rings is 2. The third kappa shape index (κ3) is 8.97. The van der Waals surface area contributed by atoms with Gasteiger partial charge < -0.3 is 20.5 Å². The second kappa shape index (κ2) is 13.2. The molecule has 1 atom stereocenters. The van der Waals surface area contributed by atoms with Crippen molar-refractivity contribution in [1.82, 2.24) is 10.2 Å². The number of thioether (sulfide) groups is 1. The largest absolute Gasteiger partial charge is 0.457 e. The Labute approximate surface area is 210 Å². The zero-order valence-corrected chi connectivity index (χ0v) is 21.2. The highest BCUT2D eigenvalue weighted by molar-refractivity contribution is 8.23. The SMILES string of the molecule is NC(=S)SC(CC(=O)S(=O)(=O)Cc1cccc(Oc2ccccc2)c1)NCCN1CCOCC1. The van der Waals surface area contributed by atoms with Gasteiger partial charge >= 0.3 is 0 Å². The molecule has 0 saturated carbocycles. The van der Waals surface area contributed by atoms with Crippen molar-refractivity contribution in [3.8, 4) is 11.5 Å². The van der Waals surface area contributed by atoms with E-state index in [1.165, 1.54) is 0 Å². The van der Waals surface area contributed by atoms with E-state index in [1.807, 2.05) is 18.2 Å². The van der Waals surface area contributed by atoms with Gasteiger partial charge in [0, 0.05) is 32.6 Å². The molecule has 1 aliphatic heterocycles. The Morgan fingerprint density at radius 1 is 1.15 bits per heavy atom. The van der Waals surface area contributed by atoms with E-state index >= 15 is 0 Å². The lowest BCUT2D eigenvalue weighted by molar-refractivity contribution is -0.111. The van der Waals surface area contributed by atoms with Crippen molar-refractivity contribution in [3.63, 3.8) is 0 Å². The van der Waals surface area contributed by atoms with Gasteiger partial charge in [-0.15, -0.1) is 0 Å². The first-order valence-electron chi connectivity index (χ1n) is 10.9.